The fourth-order valence-corrected chi connectivity index (χ4v) is 2.03. The summed E-state index contributed by atoms with van der Waals surface area (Å²) in [7, 11) is 1.43. The number of methoxy groups -OCH3 is 1. The first-order valence-electron chi connectivity index (χ1n) is 5.61. The predicted molar refractivity (Wildman–Crippen MR) is 63.4 cm³/mol. The molecule has 6 heteroatoms. The van der Waals surface area contributed by atoms with Gasteiger partial charge in [-0.15, -0.1) is 0 Å². The van der Waals surface area contributed by atoms with Crippen molar-refractivity contribution in [2.75, 3.05) is 30.8 Å². The molecule has 0 spiro atoms. The minimum atomic E-state index is -0.122. The second-order valence-electron chi connectivity index (χ2n) is 4.09. The Balaban J connectivity index is 1.97. The van der Waals surface area contributed by atoms with E-state index in [1.807, 2.05) is 0 Å². The van der Waals surface area contributed by atoms with E-state index in [4.69, 9.17) is 10.5 Å². The van der Waals surface area contributed by atoms with Gasteiger partial charge in [-0.25, -0.2) is 4.98 Å². The number of esters is 1. The van der Waals surface area contributed by atoms with E-state index >= 15 is 0 Å². The number of aromatic nitrogens is 2. The maximum absolute atomic E-state index is 11.4. The summed E-state index contributed by atoms with van der Waals surface area (Å²) in [6, 6.07) is 0. The third kappa shape index (κ3) is 2.64. The molecule has 92 valence electrons. The number of carbonyl (C=O) groups is 1. The SMILES string of the molecule is COC(=O)C1CCN(c2cncc(N)n2)CC1. The van der Waals surface area contributed by atoms with Crippen molar-refractivity contribution in [2.45, 2.75) is 12.8 Å². The van der Waals surface area contributed by atoms with Crippen molar-refractivity contribution >= 4 is 17.6 Å². The second-order valence-corrected chi connectivity index (χ2v) is 4.09. The van der Waals surface area contributed by atoms with Gasteiger partial charge in [0.05, 0.1) is 25.4 Å². The fourth-order valence-electron chi connectivity index (χ4n) is 2.03. The van der Waals surface area contributed by atoms with Crippen LogP contribution in [0.2, 0.25) is 0 Å². The maximum Gasteiger partial charge on any atom is 0.308 e. The van der Waals surface area contributed by atoms with Crippen molar-refractivity contribution in [1.82, 2.24) is 9.97 Å². The summed E-state index contributed by atoms with van der Waals surface area (Å²) in [4.78, 5) is 21.7. The lowest BCUT2D eigenvalue weighted by Crippen LogP contribution is -2.37. The number of anilines is 2. The van der Waals surface area contributed by atoms with Crippen LogP contribution in [0.15, 0.2) is 12.4 Å². The average Bonchev–Trinajstić information content (AvgIpc) is 2.38. The van der Waals surface area contributed by atoms with Gasteiger partial charge >= 0.3 is 5.97 Å². The third-order valence-electron chi connectivity index (χ3n) is 2.99. The highest BCUT2D eigenvalue weighted by Gasteiger charge is 2.26. The molecule has 0 aromatic carbocycles. The van der Waals surface area contributed by atoms with Crippen molar-refractivity contribution in [3.8, 4) is 0 Å². The topological polar surface area (TPSA) is 81.3 Å². The largest absolute Gasteiger partial charge is 0.469 e. The number of nitrogens with zero attached hydrogens (tertiary/aromatic N) is 3. The molecule has 1 fully saturated rings. The standard InChI is InChI=1S/C11H16N4O2/c1-17-11(16)8-2-4-15(5-3-8)10-7-13-6-9(12)14-10/h6-8H,2-5H2,1H3,(H2,12,14). The summed E-state index contributed by atoms with van der Waals surface area (Å²) in [6.07, 6.45) is 4.77. The van der Waals surface area contributed by atoms with E-state index in [0.717, 1.165) is 31.7 Å². The third-order valence-corrected chi connectivity index (χ3v) is 2.99. The van der Waals surface area contributed by atoms with Gasteiger partial charge in [0, 0.05) is 13.1 Å². The van der Waals surface area contributed by atoms with Crippen LogP contribution in [0.5, 0.6) is 0 Å². The summed E-state index contributed by atoms with van der Waals surface area (Å²) in [5.74, 6) is 1.07. The van der Waals surface area contributed by atoms with Gasteiger partial charge < -0.3 is 15.4 Å². The van der Waals surface area contributed by atoms with Gasteiger partial charge in [-0.1, -0.05) is 0 Å². The Bertz CT molecular complexity index is 402. The van der Waals surface area contributed by atoms with Crippen molar-refractivity contribution in [1.29, 1.82) is 0 Å². The second kappa shape index (κ2) is 4.99. The highest BCUT2D eigenvalue weighted by Crippen LogP contribution is 2.22. The Morgan fingerprint density at radius 2 is 2.18 bits per heavy atom. The van der Waals surface area contributed by atoms with Gasteiger partial charge in [0.2, 0.25) is 0 Å². The smallest absolute Gasteiger partial charge is 0.308 e. The van der Waals surface area contributed by atoms with Crippen LogP contribution >= 0.6 is 0 Å². The fraction of sp³-hybridized carbons (Fsp3) is 0.545. The van der Waals surface area contributed by atoms with E-state index in [-0.39, 0.29) is 11.9 Å². The highest BCUT2D eigenvalue weighted by molar-refractivity contribution is 5.72. The van der Waals surface area contributed by atoms with E-state index in [9.17, 15) is 4.79 Å². The van der Waals surface area contributed by atoms with Crippen LogP contribution in [0.3, 0.4) is 0 Å². The van der Waals surface area contributed by atoms with Gasteiger partial charge in [-0.2, -0.15) is 0 Å². The molecule has 2 heterocycles. The number of hydrogen-bond donors (Lipinski definition) is 1. The number of rotatable bonds is 2. The van der Waals surface area contributed by atoms with Gasteiger partial charge in [0.15, 0.2) is 0 Å². The van der Waals surface area contributed by atoms with Gasteiger partial charge in [0.1, 0.15) is 11.6 Å². The quantitative estimate of drug-likeness (QED) is 0.751. The van der Waals surface area contributed by atoms with Gasteiger partial charge in [-0.3, -0.25) is 9.78 Å². The summed E-state index contributed by atoms with van der Waals surface area (Å²) in [5, 5.41) is 0. The van der Waals surface area contributed by atoms with Crippen LogP contribution in [0.25, 0.3) is 0 Å². The number of nitrogen functional groups attached to an aromatic ring is 1. The van der Waals surface area contributed by atoms with E-state index in [1.54, 1.807) is 6.20 Å². The molecule has 2 rings (SSSR count). The minimum absolute atomic E-state index is 0.00488. The first kappa shape index (κ1) is 11.6. The first-order chi connectivity index (χ1) is 8.20. The van der Waals surface area contributed by atoms with Crippen molar-refractivity contribution in [3.63, 3.8) is 0 Å². The molecule has 1 saturated heterocycles. The highest BCUT2D eigenvalue weighted by atomic mass is 16.5. The molecule has 1 aliphatic rings. The Hall–Kier alpha value is -1.85. The Labute approximate surface area is 99.8 Å². The molecule has 6 nitrogen and oxygen atoms in total. The zero-order valence-corrected chi connectivity index (χ0v) is 9.80. The zero-order valence-electron chi connectivity index (χ0n) is 9.80. The molecule has 1 aromatic heterocycles. The zero-order chi connectivity index (χ0) is 12.3. The van der Waals surface area contributed by atoms with Crippen LogP contribution in [0.4, 0.5) is 11.6 Å². The number of piperidine rings is 1. The van der Waals surface area contributed by atoms with Crippen LogP contribution in [-0.2, 0) is 9.53 Å². The molecular formula is C11H16N4O2. The Kier molecular flexibility index (Phi) is 3.41. The van der Waals surface area contributed by atoms with Crippen LogP contribution < -0.4 is 10.6 Å². The van der Waals surface area contributed by atoms with E-state index < -0.39 is 0 Å². The monoisotopic (exact) mass is 236 g/mol. The summed E-state index contributed by atoms with van der Waals surface area (Å²) >= 11 is 0. The average molecular weight is 236 g/mol. The molecule has 1 aromatic rings. The van der Waals surface area contributed by atoms with Crippen LogP contribution in [-0.4, -0.2) is 36.1 Å². The Morgan fingerprint density at radius 3 is 2.76 bits per heavy atom. The lowest BCUT2D eigenvalue weighted by molar-refractivity contribution is -0.146. The number of hydrogen-bond acceptors (Lipinski definition) is 6. The molecule has 0 unspecified atom stereocenters. The van der Waals surface area contributed by atoms with E-state index in [1.165, 1.54) is 13.3 Å². The molecule has 0 atom stereocenters. The molecule has 1 aliphatic heterocycles. The molecule has 2 N–H and O–H groups in total. The van der Waals surface area contributed by atoms with Crippen molar-refractivity contribution in [3.05, 3.63) is 12.4 Å². The van der Waals surface area contributed by atoms with Gasteiger partial charge in [0.25, 0.3) is 0 Å². The lowest BCUT2D eigenvalue weighted by atomic mass is 9.97. The summed E-state index contributed by atoms with van der Waals surface area (Å²) < 4.78 is 4.74. The predicted octanol–water partition coefficient (Wildman–Crippen LogP) is 0.448. The van der Waals surface area contributed by atoms with Gasteiger partial charge in [-0.05, 0) is 12.8 Å². The minimum Gasteiger partial charge on any atom is -0.469 e. The van der Waals surface area contributed by atoms with Crippen LogP contribution in [0.1, 0.15) is 12.8 Å². The van der Waals surface area contributed by atoms with E-state index in [0.29, 0.717) is 5.82 Å². The Morgan fingerprint density at radius 1 is 1.47 bits per heavy atom. The molecule has 0 bridgehead atoms. The lowest BCUT2D eigenvalue weighted by Gasteiger charge is -2.31. The first-order valence-corrected chi connectivity index (χ1v) is 5.61. The summed E-state index contributed by atoms with van der Waals surface area (Å²) in [6.45, 7) is 1.55. The summed E-state index contributed by atoms with van der Waals surface area (Å²) in [5.41, 5.74) is 5.59. The molecule has 0 amide bonds. The molecule has 0 aliphatic carbocycles. The molecular weight excluding hydrogens is 220 g/mol. The number of nitrogens with two attached hydrogens (primary N) is 1. The van der Waals surface area contributed by atoms with Crippen LogP contribution in [0, 0.1) is 5.92 Å². The molecule has 0 saturated carbocycles. The maximum atomic E-state index is 11.4. The molecule has 17 heavy (non-hydrogen) atoms. The number of carbonyl (C=O) groups excluding carboxylic acids is 1. The van der Waals surface area contributed by atoms with Crippen molar-refractivity contribution in [2.24, 2.45) is 5.92 Å². The normalized spacial score (nSPS) is 16.9. The number of ether oxygens (including phenoxy) is 1. The van der Waals surface area contributed by atoms with E-state index in [2.05, 4.69) is 14.9 Å². The van der Waals surface area contributed by atoms with Crippen molar-refractivity contribution < 1.29 is 9.53 Å². The molecule has 0 radical (unpaired) electrons.